The van der Waals surface area contributed by atoms with E-state index in [9.17, 15) is 22.8 Å². The van der Waals surface area contributed by atoms with E-state index in [1.165, 1.54) is 0 Å². The number of carbonyl (C=O) groups is 2. The fraction of sp³-hybridized carbons (Fsp3) is 0.182. The lowest BCUT2D eigenvalue weighted by molar-refractivity contribution is -0.138. The molecule has 3 nitrogen and oxygen atoms in total. The first-order chi connectivity index (χ1) is 8.35. The molecule has 0 aliphatic carbocycles. The Morgan fingerprint density at radius 1 is 1.44 bits per heavy atom. The van der Waals surface area contributed by atoms with Gasteiger partial charge < -0.3 is 0 Å². The summed E-state index contributed by atoms with van der Waals surface area (Å²) in [5.41, 5.74) is -2.87. The van der Waals surface area contributed by atoms with Gasteiger partial charge in [0.25, 0.3) is 0 Å². The molecule has 0 atom stereocenters. The van der Waals surface area contributed by atoms with Crippen LogP contribution in [0.2, 0.25) is 0 Å². The highest BCUT2D eigenvalue weighted by Crippen LogP contribution is 2.35. The van der Waals surface area contributed by atoms with Crippen molar-refractivity contribution in [2.45, 2.75) is 6.18 Å². The fourth-order valence-electron chi connectivity index (χ4n) is 1.43. The molecule has 0 bridgehead atoms. The van der Waals surface area contributed by atoms with Gasteiger partial charge in [0.2, 0.25) is 0 Å². The number of alkyl halides is 4. The van der Waals surface area contributed by atoms with Crippen molar-refractivity contribution >= 4 is 28.0 Å². The smallest absolute Gasteiger partial charge is 0.298 e. The van der Waals surface area contributed by atoms with Crippen LogP contribution >= 0.6 is 15.9 Å². The van der Waals surface area contributed by atoms with E-state index in [1.54, 1.807) is 6.07 Å². The van der Waals surface area contributed by atoms with Gasteiger partial charge in [-0.05, 0) is 12.1 Å². The van der Waals surface area contributed by atoms with E-state index < -0.39 is 28.6 Å². The number of ketones is 1. The van der Waals surface area contributed by atoms with Crippen molar-refractivity contribution in [3.8, 4) is 6.07 Å². The molecule has 0 saturated carbocycles. The normalized spacial score (nSPS) is 10.8. The summed E-state index contributed by atoms with van der Waals surface area (Å²) >= 11 is 2.76. The lowest BCUT2D eigenvalue weighted by Crippen LogP contribution is -2.17. The standard InChI is InChI=1S/C11H5BrF3NO2/c12-3-9(18)8-2-6(4-16)1-7(5-17)10(8)11(13,14)15/h1-2,5H,3H2. The zero-order valence-electron chi connectivity index (χ0n) is 8.71. The van der Waals surface area contributed by atoms with Gasteiger partial charge >= 0.3 is 6.18 Å². The molecule has 0 fully saturated rings. The summed E-state index contributed by atoms with van der Waals surface area (Å²) in [6, 6.07) is 3.25. The van der Waals surface area contributed by atoms with Gasteiger partial charge in [0.15, 0.2) is 12.1 Å². The lowest BCUT2D eigenvalue weighted by Gasteiger charge is -2.14. The quantitative estimate of drug-likeness (QED) is 0.489. The summed E-state index contributed by atoms with van der Waals surface area (Å²) in [5.74, 6) is -0.845. The molecule has 0 amide bonds. The maximum Gasteiger partial charge on any atom is 0.417 e. The molecule has 1 rings (SSSR count). The minimum Gasteiger partial charge on any atom is -0.298 e. The fourth-order valence-corrected chi connectivity index (χ4v) is 1.73. The number of carbonyl (C=O) groups excluding carboxylic acids is 2. The van der Waals surface area contributed by atoms with Crippen LogP contribution in [-0.2, 0) is 6.18 Å². The SMILES string of the molecule is N#Cc1cc(C=O)c(C(F)(F)F)c(C(=O)CBr)c1. The van der Waals surface area contributed by atoms with Crippen molar-refractivity contribution in [2.75, 3.05) is 5.33 Å². The topological polar surface area (TPSA) is 57.9 Å². The highest BCUT2D eigenvalue weighted by Gasteiger charge is 2.38. The molecule has 94 valence electrons. The second kappa shape index (κ2) is 5.31. The summed E-state index contributed by atoms with van der Waals surface area (Å²) in [4.78, 5) is 22.1. The van der Waals surface area contributed by atoms with Gasteiger partial charge in [0, 0.05) is 11.1 Å². The second-order valence-electron chi connectivity index (χ2n) is 3.27. The van der Waals surface area contributed by atoms with Gasteiger partial charge in [-0.2, -0.15) is 18.4 Å². The third kappa shape index (κ3) is 2.76. The lowest BCUT2D eigenvalue weighted by atomic mass is 9.96. The van der Waals surface area contributed by atoms with E-state index in [1.807, 2.05) is 0 Å². The first-order valence-corrected chi connectivity index (χ1v) is 5.67. The Morgan fingerprint density at radius 2 is 2.06 bits per heavy atom. The summed E-state index contributed by atoms with van der Waals surface area (Å²) in [7, 11) is 0. The van der Waals surface area contributed by atoms with Gasteiger partial charge in [-0.1, -0.05) is 15.9 Å². The van der Waals surface area contributed by atoms with E-state index in [2.05, 4.69) is 15.9 Å². The van der Waals surface area contributed by atoms with Crippen molar-refractivity contribution in [1.29, 1.82) is 5.26 Å². The number of halogens is 4. The average Bonchev–Trinajstić information content (AvgIpc) is 2.34. The van der Waals surface area contributed by atoms with Crippen LogP contribution in [0.5, 0.6) is 0 Å². The molecule has 0 aromatic heterocycles. The summed E-state index contributed by atoms with van der Waals surface area (Å²) in [5, 5.41) is 8.33. The number of hydrogen-bond donors (Lipinski definition) is 0. The maximum absolute atomic E-state index is 12.8. The van der Waals surface area contributed by atoms with E-state index in [4.69, 9.17) is 5.26 Å². The van der Waals surface area contributed by atoms with Crippen LogP contribution in [0.15, 0.2) is 12.1 Å². The molecule has 0 aliphatic rings. The molecule has 18 heavy (non-hydrogen) atoms. The van der Waals surface area contributed by atoms with Crippen LogP contribution in [0, 0.1) is 11.3 Å². The highest BCUT2D eigenvalue weighted by molar-refractivity contribution is 9.09. The minimum absolute atomic E-state index is 0.0192. The van der Waals surface area contributed by atoms with Gasteiger partial charge in [-0.15, -0.1) is 0 Å². The first kappa shape index (κ1) is 14.4. The Kier molecular flexibility index (Phi) is 4.24. The molecule has 1 aromatic carbocycles. The number of rotatable bonds is 3. The van der Waals surface area contributed by atoms with E-state index in [-0.39, 0.29) is 17.2 Å². The van der Waals surface area contributed by atoms with Crippen LogP contribution < -0.4 is 0 Å². The number of hydrogen-bond acceptors (Lipinski definition) is 3. The Hall–Kier alpha value is -1.68. The van der Waals surface area contributed by atoms with Crippen molar-refractivity contribution in [3.63, 3.8) is 0 Å². The zero-order chi connectivity index (χ0) is 13.9. The average molecular weight is 320 g/mol. The van der Waals surface area contributed by atoms with Crippen molar-refractivity contribution in [3.05, 3.63) is 34.4 Å². The number of aldehydes is 1. The molecule has 0 heterocycles. The van der Waals surface area contributed by atoms with Crippen LogP contribution in [0.25, 0.3) is 0 Å². The Labute approximate surface area is 108 Å². The first-order valence-electron chi connectivity index (χ1n) is 4.54. The Bertz CT molecular complexity index is 546. The molecule has 0 aliphatic heterocycles. The molecular formula is C11H5BrF3NO2. The van der Waals surface area contributed by atoms with E-state index in [0.717, 1.165) is 12.1 Å². The number of nitrogens with zero attached hydrogens (tertiary/aromatic N) is 1. The molecule has 0 N–H and O–H groups in total. The number of benzene rings is 1. The number of Topliss-reactive ketones (excluding diaryl/α,β-unsaturated/α-hetero) is 1. The highest BCUT2D eigenvalue weighted by atomic mass is 79.9. The molecule has 0 saturated heterocycles. The zero-order valence-corrected chi connectivity index (χ0v) is 10.3. The largest absolute Gasteiger partial charge is 0.417 e. The van der Waals surface area contributed by atoms with Crippen molar-refractivity contribution < 1.29 is 22.8 Å². The third-order valence-electron chi connectivity index (χ3n) is 2.13. The Morgan fingerprint density at radius 3 is 2.44 bits per heavy atom. The second-order valence-corrected chi connectivity index (χ2v) is 3.83. The molecule has 0 radical (unpaired) electrons. The van der Waals surface area contributed by atoms with Gasteiger partial charge in [-0.3, -0.25) is 9.59 Å². The molecule has 1 aromatic rings. The van der Waals surface area contributed by atoms with Crippen LogP contribution in [0.4, 0.5) is 13.2 Å². The van der Waals surface area contributed by atoms with Crippen molar-refractivity contribution in [1.82, 2.24) is 0 Å². The Balaban J connectivity index is 3.70. The maximum atomic E-state index is 12.8. The summed E-state index contributed by atoms with van der Waals surface area (Å²) in [6.45, 7) is 0. The van der Waals surface area contributed by atoms with Gasteiger partial charge in [0.1, 0.15) is 0 Å². The van der Waals surface area contributed by atoms with Gasteiger partial charge in [-0.25, -0.2) is 0 Å². The molecule has 7 heteroatoms. The predicted molar refractivity (Wildman–Crippen MR) is 59.7 cm³/mol. The molecular weight excluding hydrogens is 315 g/mol. The molecule has 0 unspecified atom stereocenters. The van der Waals surface area contributed by atoms with Crippen molar-refractivity contribution in [2.24, 2.45) is 0 Å². The predicted octanol–water partition coefficient (Wildman–Crippen LogP) is 2.97. The minimum atomic E-state index is -4.84. The van der Waals surface area contributed by atoms with E-state index >= 15 is 0 Å². The monoisotopic (exact) mass is 319 g/mol. The summed E-state index contributed by atoms with van der Waals surface area (Å²) < 4.78 is 38.5. The number of nitriles is 1. The van der Waals surface area contributed by atoms with Crippen LogP contribution in [0.3, 0.4) is 0 Å². The third-order valence-corrected chi connectivity index (χ3v) is 2.64. The summed E-state index contributed by atoms with van der Waals surface area (Å²) in [6.07, 6.45) is -4.86. The van der Waals surface area contributed by atoms with Crippen LogP contribution in [-0.4, -0.2) is 17.4 Å². The van der Waals surface area contributed by atoms with E-state index in [0.29, 0.717) is 0 Å². The molecule has 0 spiro atoms. The van der Waals surface area contributed by atoms with Crippen LogP contribution in [0.1, 0.15) is 31.8 Å². The van der Waals surface area contributed by atoms with Gasteiger partial charge in [0.05, 0.1) is 22.5 Å².